The number of nitrogens with one attached hydrogen (secondary N) is 2. The number of carbonyl (C=O) groups excluding carboxylic acids is 2. The van der Waals surface area contributed by atoms with Gasteiger partial charge in [-0.3, -0.25) is 20.0 Å². The van der Waals surface area contributed by atoms with Crippen molar-refractivity contribution in [3.63, 3.8) is 0 Å². The van der Waals surface area contributed by atoms with Gasteiger partial charge in [-0.25, -0.2) is 4.98 Å². The second-order valence-electron chi connectivity index (χ2n) is 3.67. The topological polar surface area (TPSA) is 97.0 Å². The highest BCUT2D eigenvalue weighted by molar-refractivity contribution is 14.1. The molecule has 7 nitrogen and oxygen atoms in total. The summed E-state index contributed by atoms with van der Waals surface area (Å²) in [6, 6.07) is 0. The summed E-state index contributed by atoms with van der Waals surface area (Å²) < 4.78 is 5.56. The zero-order valence-electron chi connectivity index (χ0n) is 10.5. The zero-order valence-corrected chi connectivity index (χ0v) is 13.4. The van der Waals surface area contributed by atoms with Gasteiger partial charge >= 0.3 is 5.97 Å². The van der Waals surface area contributed by atoms with E-state index in [-0.39, 0.29) is 18.3 Å². The molecule has 2 N–H and O–H groups in total. The fourth-order valence-electron chi connectivity index (χ4n) is 1.40. The average molecular weight is 406 g/mol. The first kappa shape index (κ1) is 14.9. The van der Waals surface area contributed by atoms with Crippen molar-refractivity contribution < 1.29 is 14.3 Å². The van der Waals surface area contributed by atoms with E-state index < -0.39 is 0 Å². The lowest BCUT2D eigenvalue weighted by molar-refractivity contribution is -0.142. The molecule has 0 saturated heterocycles. The summed E-state index contributed by atoms with van der Waals surface area (Å²) in [7, 11) is 0. The number of ether oxygens (including phenoxy) is 1. The monoisotopic (exact) mass is 406 g/mol. The maximum absolute atomic E-state index is 11.9. The molecule has 0 radical (unpaired) electrons. The predicted octanol–water partition coefficient (Wildman–Crippen LogP) is 1.83. The van der Waals surface area contributed by atoms with Crippen LogP contribution in [0.3, 0.4) is 0 Å². The van der Waals surface area contributed by atoms with Crippen molar-refractivity contribution in [3.8, 4) is 0 Å². The number of esters is 1. The molecule has 106 valence electrons. The molecule has 0 bridgehead atoms. The first-order valence-electron chi connectivity index (χ1n) is 5.70. The van der Waals surface area contributed by atoms with Crippen molar-refractivity contribution in [2.45, 2.75) is 13.3 Å². The van der Waals surface area contributed by atoms with Gasteiger partial charge in [-0.05, 0) is 29.5 Å². The van der Waals surface area contributed by atoms with Crippen LogP contribution in [-0.2, 0) is 16.0 Å². The van der Waals surface area contributed by atoms with Crippen molar-refractivity contribution in [2.24, 2.45) is 0 Å². The van der Waals surface area contributed by atoms with Gasteiger partial charge in [0.2, 0.25) is 0 Å². The molecular formula is C11H11IN4O3S. The first-order chi connectivity index (χ1) is 9.60. The Kier molecular flexibility index (Phi) is 5.06. The Morgan fingerprint density at radius 2 is 2.35 bits per heavy atom. The van der Waals surface area contributed by atoms with E-state index in [9.17, 15) is 9.59 Å². The normalized spacial score (nSPS) is 10.3. The maximum atomic E-state index is 11.9. The molecule has 0 aliphatic carbocycles. The van der Waals surface area contributed by atoms with Gasteiger partial charge in [0.05, 0.1) is 28.5 Å². The summed E-state index contributed by atoms with van der Waals surface area (Å²) in [5, 5.41) is 11.2. The van der Waals surface area contributed by atoms with Crippen molar-refractivity contribution in [1.29, 1.82) is 0 Å². The van der Waals surface area contributed by atoms with E-state index in [0.717, 1.165) is 3.57 Å². The first-order valence-corrected chi connectivity index (χ1v) is 7.66. The van der Waals surface area contributed by atoms with Crippen LogP contribution in [0.15, 0.2) is 11.6 Å². The Bertz CT molecular complexity index is 625. The van der Waals surface area contributed by atoms with Crippen LogP contribution in [0, 0.1) is 3.57 Å². The molecule has 0 aromatic carbocycles. The van der Waals surface area contributed by atoms with Gasteiger partial charge in [0, 0.05) is 5.38 Å². The number of nitrogens with zero attached hydrogens (tertiary/aromatic N) is 2. The average Bonchev–Trinajstić information content (AvgIpc) is 2.99. The van der Waals surface area contributed by atoms with Crippen LogP contribution in [-0.4, -0.2) is 33.7 Å². The molecule has 0 aliphatic heterocycles. The van der Waals surface area contributed by atoms with E-state index in [1.165, 1.54) is 11.3 Å². The third-order valence-electron chi connectivity index (χ3n) is 2.22. The predicted molar refractivity (Wildman–Crippen MR) is 81.7 cm³/mol. The van der Waals surface area contributed by atoms with Crippen LogP contribution >= 0.6 is 33.9 Å². The maximum Gasteiger partial charge on any atom is 0.311 e. The number of amides is 1. The van der Waals surface area contributed by atoms with Gasteiger partial charge in [0.1, 0.15) is 5.69 Å². The lowest BCUT2D eigenvalue weighted by Crippen LogP contribution is -2.14. The number of carbonyl (C=O) groups is 2. The van der Waals surface area contributed by atoms with E-state index in [4.69, 9.17) is 4.74 Å². The molecule has 0 atom stereocenters. The van der Waals surface area contributed by atoms with E-state index >= 15 is 0 Å². The third kappa shape index (κ3) is 3.76. The smallest absolute Gasteiger partial charge is 0.311 e. The molecule has 2 heterocycles. The second-order valence-corrected chi connectivity index (χ2v) is 5.69. The molecule has 0 unspecified atom stereocenters. The van der Waals surface area contributed by atoms with Crippen LogP contribution in [0.5, 0.6) is 0 Å². The quantitative estimate of drug-likeness (QED) is 0.584. The minimum absolute atomic E-state index is 0.0990. The number of aromatic amines is 1. The summed E-state index contributed by atoms with van der Waals surface area (Å²) in [6.45, 7) is 2.08. The fraction of sp³-hybridized carbons (Fsp3) is 0.273. The molecule has 0 saturated carbocycles. The van der Waals surface area contributed by atoms with Crippen LogP contribution in [0.25, 0.3) is 0 Å². The van der Waals surface area contributed by atoms with Gasteiger partial charge in [-0.2, -0.15) is 5.10 Å². The lowest BCUT2D eigenvalue weighted by atomic mass is 10.3. The van der Waals surface area contributed by atoms with Gasteiger partial charge in [0.25, 0.3) is 5.91 Å². The van der Waals surface area contributed by atoms with E-state index in [1.54, 1.807) is 18.5 Å². The van der Waals surface area contributed by atoms with E-state index in [2.05, 4.69) is 20.5 Å². The largest absolute Gasteiger partial charge is 0.466 e. The molecule has 2 rings (SSSR count). The lowest BCUT2D eigenvalue weighted by Gasteiger charge is -1.99. The van der Waals surface area contributed by atoms with Crippen molar-refractivity contribution in [1.82, 2.24) is 15.2 Å². The minimum Gasteiger partial charge on any atom is -0.466 e. The number of H-pyrrole nitrogens is 1. The number of aromatic nitrogens is 3. The summed E-state index contributed by atoms with van der Waals surface area (Å²) in [6.07, 6.45) is 1.66. The molecule has 0 spiro atoms. The summed E-state index contributed by atoms with van der Waals surface area (Å²) >= 11 is 3.26. The number of rotatable bonds is 5. The number of thiazole rings is 1. The molecule has 2 aromatic heterocycles. The Balaban J connectivity index is 1.98. The highest BCUT2D eigenvalue weighted by Gasteiger charge is 2.14. The Labute approximate surface area is 132 Å². The summed E-state index contributed by atoms with van der Waals surface area (Å²) in [5.41, 5.74) is 0.954. The SMILES string of the molecule is CCOC(=O)Cc1csc(NC(=O)c2[nH]ncc2I)n1. The molecule has 20 heavy (non-hydrogen) atoms. The van der Waals surface area contributed by atoms with Crippen LogP contribution in [0.1, 0.15) is 23.1 Å². The molecule has 1 amide bonds. The Hall–Kier alpha value is -1.49. The highest BCUT2D eigenvalue weighted by atomic mass is 127. The molecule has 2 aromatic rings. The molecular weight excluding hydrogens is 395 g/mol. The highest BCUT2D eigenvalue weighted by Crippen LogP contribution is 2.18. The third-order valence-corrected chi connectivity index (χ3v) is 3.85. The summed E-state index contributed by atoms with van der Waals surface area (Å²) in [5.74, 6) is -0.650. The Morgan fingerprint density at radius 3 is 3.00 bits per heavy atom. The number of halogens is 1. The van der Waals surface area contributed by atoms with Crippen molar-refractivity contribution >= 4 is 50.9 Å². The fourth-order valence-corrected chi connectivity index (χ4v) is 2.61. The molecule has 0 fully saturated rings. The number of hydrogen-bond donors (Lipinski definition) is 2. The van der Waals surface area contributed by atoms with E-state index in [1.807, 2.05) is 22.6 Å². The van der Waals surface area contributed by atoms with Gasteiger partial charge in [0.15, 0.2) is 5.13 Å². The van der Waals surface area contributed by atoms with Crippen molar-refractivity contribution in [3.05, 3.63) is 26.5 Å². The molecule has 0 aliphatic rings. The van der Waals surface area contributed by atoms with Crippen LogP contribution in [0.4, 0.5) is 5.13 Å². The van der Waals surface area contributed by atoms with Gasteiger partial charge < -0.3 is 4.74 Å². The Morgan fingerprint density at radius 1 is 1.55 bits per heavy atom. The number of hydrogen-bond acceptors (Lipinski definition) is 6. The minimum atomic E-state index is -0.334. The van der Waals surface area contributed by atoms with Gasteiger partial charge in [-0.1, -0.05) is 0 Å². The number of anilines is 1. The zero-order chi connectivity index (χ0) is 14.5. The summed E-state index contributed by atoms with van der Waals surface area (Å²) in [4.78, 5) is 27.4. The van der Waals surface area contributed by atoms with Crippen molar-refractivity contribution in [2.75, 3.05) is 11.9 Å². The standard InChI is InChI=1S/C11H11IN4O3S/c1-2-19-8(17)3-6-5-20-11(14-6)15-10(18)9-7(12)4-13-16-9/h4-5H,2-3H2,1H3,(H,13,16)(H,14,15,18). The van der Waals surface area contributed by atoms with E-state index in [0.29, 0.717) is 23.1 Å². The second kappa shape index (κ2) is 6.79. The van der Waals surface area contributed by atoms with Crippen LogP contribution < -0.4 is 5.32 Å². The van der Waals surface area contributed by atoms with Crippen LogP contribution in [0.2, 0.25) is 0 Å². The van der Waals surface area contributed by atoms with Gasteiger partial charge in [-0.15, -0.1) is 11.3 Å². The molecule has 9 heteroatoms.